The Morgan fingerprint density at radius 2 is 1.94 bits per heavy atom. The van der Waals surface area contributed by atoms with Gasteiger partial charge in [0.2, 0.25) is 0 Å². The minimum absolute atomic E-state index is 0.269. The molecule has 18 heavy (non-hydrogen) atoms. The molecule has 3 nitrogen and oxygen atoms in total. The number of rotatable bonds is 2. The van der Waals surface area contributed by atoms with E-state index in [9.17, 15) is 4.39 Å². The zero-order valence-corrected chi connectivity index (χ0v) is 10.8. The van der Waals surface area contributed by atoms with Gasteiger partial charge < -0.3 is 4.42 Å². The first-order valence-electron chi connectivity index (χ1n) is 5.28. The summed E-state index contributed by atoms with van der Waals surface area (Å²) in [6.45, 7) is 0. The van der Waals surface area contributed by atoms with E-state index >= 15 is 0 Å². The average molecular weight is 307 g/mol. The van der Waals surface area contributed by atoms with Crippen molar-refractivity contribution in [2.45, 2.75) is 0 Å². The summed E-state index contributed by atoms with van der Waals surface area (Å²) in [5.74, 6) is -0.269. The molecule has 0 unspecified atom stereocenters. The minimum atomic E-state index is -0.269. The number of hydrogen-bond acceptors (Lipinski definition) is 2. The first-order chi connectivity index (χ1) is 8.74. The van der Waals surface area contributed by atoms with Gasteiger partial charge in [0.25, 0.3) is 0 Å². The predicted molar refractivity (Wildman–Crippen MR) is 68.9 cm³/mol. The maximum atomic E-state index is 12.9. The fourth-order valence-corrected chi connectivity index (χ4v) is 2.12. The van der Waals surface area contributed by atoms with Crippen LogP contribution in [0.4, 0.5) is 4.39 Å². The van der Waals surface area contributed by atoms with Crippen LogP contribution in [0.5, 0.6) is 0 Å². The maximum absolute atomic E-state index is 12.9. The van der Waals surface area contributed by atoms with E-state index in [-0.39, 0.29) is 5.82 Å². The monoisotopic (exact) mass is 306 g/mol. The molecule has 3 rings (SSSR count). The Morgan fingerprint density at radius 1 is 1.17 bits per heavy atom. The molecule has 0 spiro atoms. The van der Waals surface area contributed by atoms with Crippen LogP contribution >= 0.6 is 15.9 Å². The Kier molecular flexibility index (Phi) is 2.76. The van der Waals surface area contributed by atoms with Crippen molar-refractivity contribution < 1.29 is 8.81 Å². The summed E-state index contributed by atoms with van der Waals surface area (Å²) in [7, 11) is 0. The highest BCUT2D eigenvalue weighted by Gasteiger charge is 2.11. The van der Waals surface area contributed by atoms with Crippen LogP contribution in [-0.2, 0) is 0 Å². The summed E-state index contributed by atoms with van der Waals surface area (Å²) in [6.07, 6.45) is 3.24. The first-order valence-corrected chi connectivity index (χ1v) is 6.07. The van der Waals surface area contributed by atoms with E-state index in [1.807, 2.05) is 12.1 Å². The molecular formula is C13H8BrFN2O. The highest BCUT2D eigenvalue weighted by Crippen LogP contribution is 2.26. The van der Waals surface area contributed by atoms with Crippen molar-refractivity contribution in [1.29, 1.82) is 0 Å². The van der Waals surface area contributed by atoms with Gasteiger partial charge in [-0.2, -0.15) is 5.10 Å². The molecule has 0 bridgehead atoms. The summed E-state index contributed by atoms with van der Waals surface area (Å²) in [5.41, 5.74) is 2.58. The molecule has 0 N–H and O–H groups in total. The van der Waals surface area contributed by atoms with Crippen molar-refractivity contribution in [2.24, 2.45) is 0 Å². The molecule has 0 saturated carbocycles. The number of hydrogen-bond donors (Lipinski definition) is 0. The Hall–Kier alpha value is -1.88. The molecule has 0 aliphatic heterocycles. The third kappa shape index (κ3) is 1.97. The minimum Gasteiger partial charge on any atom is -0.472 e. The lowest BCUT2D eigenvalue weighted by Gasteiger charge is -2.05. The lowest BCUT2D eigenvalue weighted by Crippen LogP contribution is -1.98. The van der Waals surface area contributed by atoms with Crippen molar-refractivity contribution in [3.63, 3.8) is 0 Å². The van der Waals surface area contributed by atoms with E-state index in [2.05, 4.69) is 21.0 Å². The van der Waals surface area contributed by atoms with Crippen molar-refractivity contribution >= 4 is 15.9 Å². The third-order valence-electron chi connectivity index (χ3n) is 2.57. The molecule has 0 aliphatic carbocycles. The van der Waals surface area contributed by atoms with Gasteiger partial charge in [0, 0.05) is 5.56 Å². The molecule has 5 heteroatoms. The predicted octanol–water partition coefficient (Wildman–Crippen LogP) is 4.03. The summed E-state index contributed by atoms with van der Waals surface area (Å²) in [4.78, 5) is 0. The highest BCUT2D eigenvalue weighted by molar-refractivity contribution is 9.10. The van der Waals surface area contributed by atoms with E-state index in [4.69, 9.17) is 4.42 Å². The smallest absolute Gasteiger partial charge is 0.129 e. The molecule has 0 amide bonds. The van der Waals surface area contributed by atoms with Crippen LogP contribution in [0.15, 0.2) is 57.9 Å². The SMILES string of the molecule is Fc1ccc(-n2nc(Br)cc2-c2ccoc2)cc1. The molecular weight excluding hydrogens is 299 g/mol. The number of benzene rings is 1. The Morgan fingerprint density at radius 3 is 2.61 bits per heavy atom. The van der Waals surface area contributed by atoms with Gasteiger partial charge >= 0.3 is 0 Å². The molecule has 0 radical (unpaired) electrons. The molecule has 1 aromatic carbocycles. The quantitative estimate of drug-likeness (QED) is 0.715. The highest BCUT2D eigenvalue weighted by atomic mass is 79.9. The second-order valence-electron chi connectivity index (χ2n) is 3.75. The molecule has 0 saturated heterocycles. The maximum Gasteiger partial charge on any atom is 0.129 e. The number of furan rings is 1. The van der Waals surface area contributed by atoms with Gasteiger partial charge in [0.1, 0.15) is 10.4 Å². The van der Waals surface area contributed by atoms with Crippen molar-refractivity contribution in [3.8, 4) is 16.9 Å². The van der Waals surface area contributed by atoms with Gasteiger partial charge in [-0.1, -0.05) is 0 Å². The Labute approximate surface area is 111 Å². The molecule has 2 heterocycles. The lowest BCUT2D eigenvalue weighted by molar-refractivity contribution is 0.568. The fourth-order valence-electron chi connectivity index (χ4n) is 1.75. The summed E-state index contributed by atoms with van der Waals surface area (Å²) in [6, 6.07) is 9.91. The molecule has 0 aliphatic rings. The zero-order chi connectivity index (χ0) is 12.5. The van der Waals surface area contributed by atoms with Gasteiger partial charge in [-0.15, -0.1) is 0 Å². The lowest BCUT2D eigenvalue weighted by atomic mass is 10.2. The molecule has 0 fully saturated rings. The van der Waals surface area contributed by atoms with E-state index in [0.29, 0.717) is 4.60 Å². The molecule has 3 aromatic rings. The second-order valence-corrected chi connectivity index (χ2v) is 4.57. The summed E-state index contributed by atoms with van der Waals surface area (Å²) < 4.78 is 20.4. The first kappa shape index (κ1) is 11.2. The second kappa shape index (κ2) is 4.42. The van der Waals surface area contributed by atoms with Crippen molar-refractivity contribution in [2.75, 3.05) is 0 Å². The summed E-state index contributed by atoms with van der Waals surface area (Å²) in [5, 5.41) is 4.34. The molecule has 0 atom stereocenters. The van der Waals surface area contributed by atoms with Gasteiger partial charge in [0.15, 0.2) is 0 Å². The van der Waals surface area contributed by atoms with Crippen LogP contribution in [-0.4, -0.2) is 9.78 Å². The van der Waals surface area contributed by atoms with Crippen molar-refractivity contribution in [3.05, 3.63) is 59.3 Å². The van der Waals surface area contributed by atoms with Gasteiger partial charge in [-0.25, -0.2) is 9.07 Å². The van der Waals surface area contributed by atoms with E-state index in [0.717, 1.165) is 16.9 Å². The van der Waals surface area contributed by atoms with Gasteiger partial charge in [-0.05, 0) is 52.3 Å². The van der Waals surface area contributed by atoms with Crippen LogP contribution in [0, 0.1) is 5.82 Å². The normalized spacial score (nSPS) is 10.8. The van der Waals surface area contributed by atoms with Gasteiger partial charge in [0.05, 0.1) is 23.9 Å². The number of aromatic nitrogens is 2. The van der Waals surface area contributed by atoms with Crippen LogP contribution < -0.4 is 0 Å². The fraction of sp³-hybridized carbons (Fsp3) is 0. The molecule has 2 aromatic heterocycles. The number of nitrogens with zero attached hydrogens (tertiary/aromatic N) is 2. The van der Waals surface area contributed by atoms with Crippen molar-refractivity contribution in [1.82, 2.24) is 9.78 Å². The largest absolute Gasteiger partial charge is 0.472 e. The van der Waals surface area contributed by atoms with E-state index in [1.54, 1.807) is 29.3 Å². The molecule has 90 valence electrons. The van der Waals surface area contributed by atoms with Crippen LogP contribution in [0.1, 0.15) is 0 Å². The average Bonchev–Trinajstić information content (AvgIpc) is 2.98. The number of halogens is 2. The Balaban J connectivity index is 2.15. The third-order valence-corrected chi connectivity index (χ3v) is 2.96. The van der Waals surface area contributed by atoms with Crippen LogP contribution in [0.25, 0.3) is 16.9 Å². The zero-order valence-electron chi connectivity index (χ0n) is 9.18. The van der Waals surface area contributed by atoms with E-state index < -0.39 is 0 Å². The van der Waals surface area contributed by atoms with Crippen LogP contribution in [0.2, 0.25) is 0 Å². The standard InChI is InChI=1S/C13H8BrFN2O/c14-13-7-12(9-5-6-18-8-9)17(16-13)11-3-1-10(15)2-4-11/h1-8H. The topological polar surface area (TPSA) is 31.0 Å². The van der Waals surface area contributed by atoms with E-state index in [1.165, 1.54) is 12.1 Å². The summed E-state index contributed by atoms with van der Waals surface area (Å²) >= 11 is 3.34. The van der Waals surface area contributed by atoms with Crippen LogP contribution in [0.3, 0.4) is 0 Å². The van der Waals surface area contributed by atoms with Gasteiger partial charge in [-0.3, -0.25) is 0 Å². The Bertz CT molecular complexity index is 659.